The first kappa shape index (κ1) is 21.3. The molecule has 150 valence electrons. The van der Waals surface area contributed by atoms with Crippen molar-refractivity contribution in [1.29, 1.82) is 0 Å². The number of likely N-dealkylation sites (N-methyl/N-ethyl adjacent to an activating group) is 1. The van der Waals surface area contributed by atoms with Crippen molar-refractivity contribution in [2.75, 3.05) is 32.6 Å². The lowest BCUT2D eigenvalue weighted by Gasteiger charge is -2.16. The molecule has 0 aliphatic rings. The third-order valence-corrected chi connectivity index (χ3v) is 4.04. The van der Waals surface area contributed by atoms with Crippen molar-refractivity contribution in [3.8, 4) is 5.75 Å². The number of benzene rings is 2. The van der Waals surface area contributed by atoms with E-state index in [1.807, 2.05) is 32.2 Å². The standard InChI is InChI=1S/C20H23F2N3O3/c1-13-4-7-18(28-3)14(8-13)11-25(2)12-20(27)23-10-19(26)24-15-5-6-16(21)17(22)9-15/h4-9H,10-12H2,1-3H3,(H,23,27)(H,24,26)/p+1. The summed E-state index contributed by atoms with van der Waals surface area (Å²) >= 11 is 0. The van der Waals surface area contributed by atoms with Gasteiger partial charge in [-0.1, -0.05) is 11.6 Å². The molecule has 0 aromatic heterocycles. The number of rotatable bonds is 8. The fraction of sp³-hybridized carbons (Fsp3) is 0.300. The number of amides is 2. The van der Waals surface area contributed by atoms with Gasteiger partial charge >= 0.3 is 0 Å². The summed E-state index contributed by atoms with van der Waals surface area (Å²) in [5.41, 5.74) is 2.21. The van der Waals surface area contributed by atoms with Crippen molar-refractivity contribution in [2.45, 2.75) is 13.5 Å². The molecule has 1 atom stereocenters. The molecule has 2 amide bonds. The van der Waals surface area contributed by atoms with Crippen LogP contribution in [0.2, 0.25) is 0 Å². The number of aryl methyl sites for hydroxylation is 1. The number of hydrogen-bond acceptors (Lipinski definition) is 3. The minimum absolute atomic E-state index is 0.118. The highest BCUT2D eigenvalue weighted by molar-refractivity contribution is 5.94. The molecule has 0 aliphatic heterocycles. The summed E-state index contributed by atoms with van der Waals surface area (Å²) in [4.78, 5) is 24.8. The van der Waals surface area contributed by atoms with Crippen LogP contribution in [0.4, 0.5) is 14.5 Å². The minimum atomic E-state index is -1.06. The molecule has 0 saturated heterocycles. The fourth-order valence-corrected chi connectivity index (χ4v) is 2.73. The quantitative estimate of drug-likeness (QED) is 0.629. The number of ether oxygens (including phenoxy) is 1. The number of quaternary nitrogens is 1. The Morgan fingerprint density at radius 2 is 1.82 bits per heavy atom. The van der Waals surface area contributed by atoms with Gasteiger partial charge in [-0.05, 0) is 31.2 Å². The van der Waals surface area contributed by atoms with Gasteiger partial charge in [0.25, 0.3) is 5.91 Å². The van der Waals surface area contributed by atoms with E-state index >= 15 is 0 Å². The Morgan fingerprint density at radius 1 is 1.07 bits per heavy atom. The zero-order chi connectivity index (χ0) is 20.7. The Bertz CT molecular complexity index is 859. The summed E-state index contributed by atoms with van der Waals surface area (Å²) in [6.45, 7) is 2.46. The zero-order valence-electron chi connectivity index (χ0n) is 16.1. The van der Waals surface area contributed by atoms with E-state index in [9.17, 15) is 18.4 Å². The Balaban J connectivity index is 1.80. The number of methoxy groups -OCH3 is 1. The number of hydrogen-bond donors (Lipinski definition) is 3. The molecule has 2 rings (SSSR count). The summed E-state index contributed by atoms with van der Waals surface area (Å²) in [7, 11) is 3.46. The van der Waals surface area contributed by atoms with Gasteiger partial charge in [0, 0.05) is 17.3 Å². The van der Waals surface area contributed by atoms with Crippen LogP contribution in [0, 0.1) is 18.6 Å². The number of carbonyl (C=O) groups excluding carboxylic acids is 2. The van der Waals surface area contributed by atoms with Gasteiger partial charge in [-0.3, -0.25) is 9.59 Å². The lowest BCUT2D eigenvalue weighted by Crippen LogP contribution is -3.08. The zero-order valence-corrected chi connectivity index (χ0v) is 16.1. The molecule has 0 fully saturated rings. The van der Waals surface area contributed by atoms with Gasteiger partial charge in [0.05, 0.1) is 20.7 Å². The molecule has 2 aromatic carbocycles. The molecular weight excluding hydrogens is 368 g/mol. The molecule has 3 N–H and O–H groups in total. The second-order valence-corrected chi connectivity index (χ2v) is 6.58. The third-order valence-electron chi connectivity index (χ3n) is 4.04. The first-order valence-electron chi connectivity index (χ1n) is 8.75. The average molecular weight is 392 g/mol. The fourth-order valence-electron chi connectivity index (χ4n) is 2.73. The molecule has 0 aliphatic carbocycles. The van der Waals surface area contributed by atoms with Crippen LogP contribution in [-0.2, 0) is 16.1 Å². The van der Waals surface area contributed by atoms with E-state index in [0.29, 0.717) is 6.54 Å². The highest BCUT2D eigenvalue weighted by Gasteiger charge is 2.14. The van der Waals surface area contributed by atoms with Gasteiger partial charge in [-0.15, -0.1) is 0 Å². The van der Waals surface area contributed by atoms with Crippen LogP contribution >= 0.6 is 0 Å². The highest BCUT2D eigenvalue weighted by atomic mass is 19.2. The van der Waals surface area contributed by atoms with Crippen LogP contribution in [0.25, 0.3) is 0 Å². The molecular formula is C20H24F2N3O3+. The SMILES string of the molecule is COc1ccc(C)cc1C[NH+](C)CC(=O)NCC(=O)Nc1ccc(F)c(F)c1. The first-order valence-corrected chi connectivity index (χ1v) is 8.75. The Labute approximate surface area is 162 Å². The minimum Gasteiger partial charge on any atom is -0.496 e. The molecule has 28 heavy (non-hydrogen) atoms. The number of nitrogens with one attached hydrogen (secondary N) is 3. The maximum absolute atomic E-state index is 13.1. The van der Waals surface area contributed by atoms with Crippen LogP contribution in [0.1, 0.15) is 11.1 Å². The monoisotopic (exact) mass is 392 g/mol. The van der Waals surface area contributed by atoms with Crippen molar-refractivity contribution in [3.05, 3.63) is 59.2 Å². The van der Waals surface area contributed by atoms with Crippen molar-refractivity contribution < 1.29 is 28.0 Å². The summed E-state index contributed by atoms with van der Waals surface area (Å²) in [5.74, 6) is -2.13. The van der Waals surface area contributed by atoms with E-state index in [2.05, 4.69) is 10.6 Å². The van der Waals surface area contributed by atoms with E-state index in [1.54, 1.807) is 7.11 Å². The van der Waals surface area contributed by atoms with Crippen LogP contribution < -0.4 is 20.3 Å². The molecule has 0 radical (unpaired) electrons. The van der Waals surface area contributed by atoms with Crippen molar-refractivity contribution in [1.82, 2.24) is 5.32 Å². The van der Waals surface area contributed by atoms with E-state index in [1.165, 1.54) is 6.07 Å². The normalized spacial score (nSPS) is 11.6. The Morgan fingerprint density at radius 3 is 2.50 bits per heavy atom. The van der Waals surface area contributed by atoms with Gasteiger partial charge < -0.3 is 20.3 Å². The molecule has 0 saturated carbocycles. The third kappa shape index (κ3) is 6.31. The molecule has 0 spiro atoms. The summed E-state index contributed by atoms with van der Waals surface area (Å²) in [5, 5.41) is 4.91. The van der Waals surface area contributed by atoms with Gasteiger partial charge in [-0.25, -0.2) is 8.78 Å². The Hall–Kier alpha value is -3.00. The van der Waals surface area contributed by atoms with Gasteiger partial charge in [0.15, 0.2) is 18.2 Å². The summed E-state index contributed by atoms with van der Waals surface area (Å²) < 4.78 is 31.4. The maximum Gasteiger partial charge on any atom is 0.275 e. The molecule has 0 heterocycles. The molecule has 2 aromatic rings. The van der Waals surface area contributed by atoms with E-state index < -0.39 is 17.5 Å². The van der Waals surface area contributed by atoms with Crippen LogP contribution in [-0.4, -0.2) is 39.1 Å². The second kappa shape index (κ2) is 9.80. The van der Waals surface area contributed by atoms with Crippen molar-refractivity contribution in [2.24, 2.45) is 0 Å². The van der Waals surface area contributed by atoms with Crippen molar-refractivity contribution >= 4 is 17.5 Å². The van der Waals surface area contributed by atoms with Crippen LogP contribution in [0.3, 0.4) is 0 Å². The second-order valence-electron chi connectivity index (χ2n) is 6.58. The van der Waals surface area contributed by atoms with Gasteiger partial charge in [-0.2, -0.15) is 0 Å². The van der Waals surface area contributed by atoms with E-state index in [-0.39, 0.29) is 24.7 Å². The lowest BCUT2D eigenvalue weighted by molar-refractivity contribution is -0.885. The van der Waals surface area contributed by atoms with Crippen LogP contribution in [0.5, 0.6) is 5.75 Å². The highest BCUT2D eigenvalue weighted by Crippen LogP contribution is 2.18. The first-order chi connectivity index (χ1) is 13.3. The van der Waals surface area contributed by atoms with E-state index in [0.717, 1.165) is 33.9 Å². The number of anilines is 1. The smallest absolute Gasteiger partial charge is 0.275 e. The van der Waals surface area contributed by atoms with Crippen molar-refractivity contribution in [3.63, 3.8) is 0 Å². The van der Waals surface area contributed by atoms with Gasteiger partial charge in [0.2, 0.25) is 5.91 Å². The predicted octanol–water partition coefficient (Wildman–Crippen LogP) is 1.05. The number of halogens is 2. The van der Waals surface area contributed by atoms with E-state index in [4.69, 9.17) is 4.74 Å². The lowest BCUT2D eigenvalue weighted by atomic mass is 10.1. The van der Waals surface area contributed by atoms with Gasteiger partial charge in [0.1, 0.15) is 12.3 Å². The topological polar surface area (TPSA) is 71.9 Å². The maximum atomic E-state index is 13.1. The predicted molar refractivity (Wildman–Crippen MR) is 101 cm³/mol. The number of carbonyl (C=O) groups is 2. The molecule has 6 nitrogen and oxygen atoms in total. The average Bonchev–Trinajstić information content (AvgIpc) is 2.63. The largest absolute Gasteiger partial charge is 0.496 e. The molecule has 0 bridgehead atoms. The van der Waals surface area contributed by atoms with Crippen LogP contribution in [0.15, 0.2) is 36.4 Å². The summed E-state index contributed by atoms with van der Waals surface area (Å²) in [6.07, 6.45) is 0. The Kier molecular flexibility index (Phi) is 7.45. The molecule has 1 unspecified atom stereocenters. The molecule has 8 heteroatoms. The summed E-state index contributed by atoms with van der Waals surface area (Å²) in [6, 6.07) is 8.89.